The van der Waals surface area contributed by atoms with Gasteiger partial charge in [0.05, 0.1) is 11.5 Å². The largest absolute Gasteiger partial charge is 0.326 e. The molecular formula is C14H19ClN2O3S. The van der Waals surface area contributed by atoms with E-state index in [1.165, 1.54) is 0 Å². The number of halogens is 1. The number of anilines is 1. The van der Waals surface area contributed by atoms with Crippen LogP contribution in [0.5, 0.6) is 0 Å². The molecule has 21 heavy (non-hydrogen) atoms. The van der Waals surface area contributed by atoms with E-state index in [1.54, 1.807) is 12.1 Å². The molecule has 1 fully saturated rings. The number of carbonyl (C=O) groups is 1. The van der Waals surface area contributed by atoms with Gasteiger partial charge in [0.2, 0.25) is 5.91 Å². The summed E-state index contributed by atoms with van der Waals surface area (Å²) in [5.41, 5.74) is 1.62. The minimum Gasteiger partial charge on any atom is -0.326 e. The molecule has 116 valence electrons. The first-order valence-corrected chi connectivity index (χ1v) is 9.05. The van der Waals surface area contributed by atoms with Crippen molar-refractivity contribution >= 4 is 33.0 Å². The van der Waals surface area contributed by atoms with E-state index in [1.807, 2.05) is 13.0 Å². The fourth-order valence-electron chi connectivity index (χ4n) is 2.24. The lowest BCUT2D eigenvalue weighted by Crippen LogP contribution is -2.32. The number of amides is 1. The van der Waals surface area contributed by atoms with Gasteiger partial charge in [-0.3, -0.25) is 4.79 Å². The molecule has 1 aliphatic heterocycles. The maximum Gasteiger partial charge on any atom is 0.225 e. The standard InChI is InChI=1S/C14H19ClN2O3S/c1-10-2-3-11(8-13(10)15)17-14(18)4-6-16-12-5-7-21(19,20)9-12/h2-3,8,12,16H,4-7,9H2,1H3,(H,17,18). The lowest BCUT2D eigenvalue weighted by Gasteiger charge is -2.11. The highest BCUT2D eigenvalue weighted by molar-refractivity contribution is 7.91. The van der Waals surface area contributed by atoms with Crippen LogP contribution in [0.4, 0.5) is 5.69 Å². The van der Waals surface area contributed by atoms with Crippen LogP contribution in [0.2, 0.25) is 5.02 Å². The summed E-state index contributed by atoms with van der Waals surface area (Å²) in [5, 5.41) is 6.49. The molecule has 1 amide bonds. The maximum absolute atomic E-state index is 11.8. The van der Waals surface area contributed by atoms with Crippen LogP contribution in [0.15, 0.2) is 18.2 Å². The van der Waals surface area contributed by atoms with E-state index in [0.717, 1.165) is 5.56 Å². The third kappa shape index (κ3) is 4.98. The number of carbonyl (C=O) groups excluding carboxylic acids is 1. The van der Waals surface area contributed by atoms with Crippen LogP contribution in [0.3, 0.4) is 0 Å². The number of benzene rings is 1. The summed E-state index contributed by atoms with van der Waals surface area (Å²) in [4.78, 5) is 11.8. The Labute approximate surface area is 130 Å². The minimum absolute atomic E-state index is 0.0309. The molecule has 0 aromatic heterocycles. The SMILES string of the molecule is Cc1ccc(NC(=O)CCNC2CCS(=O)(=O)C2)cc1Cl. The zero-order valence-corrected chi connectivity index (χ0v) is 13.4. The highest BCUT2D eigenvalue weighted by Crippen LogP contribution is 2.20. The van der Waals surface area contributed by atoms with Crippen molar-refractivity contribution in [2.24, 2.45) is 0 Å². The second kappa shape index (κ2) is 6.77. The predicted octanol–water partition coefficient (Wildman–Crippen LogP) is 1.75. The summed E-state index contributed by atoms with van der Waals surface area (Å²) < 4.78 is 22.6. The molecule has 0 saturated carbocycles. The molecule has 1 unspecified atom stereocenters. The van der Waals surface area contributed by atoms with Crippen molar-refractivity contribution in [3.05, 3.63) is 28.8 Å². The average molecular weight is 331 g/mol. The summed E-state index contributed by atoms with van der Waals surface area (Å²) in [7, 11) is -2.88. The van der Waals surface area contributed by atoms with Crippen molar-refractivity contribution in [2.75, 3.05) is 23.4 Å². The van der Waals surface area contributed by atoms with E-state index < -0.39 is 9.84 Å². The Hall–Kier alpha value is -1.11. The van der Waals surface area contributed by atoms with Gasteiger partial charge in [-0.2, -0.15) is 0 Å². The zero-order valence-electron chi connectivity index (χ0n) is 11.9. The highest BCUT2D eigenvalue weighted by Gasteiger charge is 2.27. The molecule has 1 saturated heterocycles. The molecule has 1 atom stereocenters. The summed E-state index contributed by atoms with van der Waals surface area (Å²) in [5.74, 6) is 0.282. The van der Waals surface area contributed by atoms with Crippen LogP contribution in [0, 0.1) is 6.92 Å². The summed E-state index contributed by atoms with van der Waals surface area (Å²) in [6, 6.07) is 5.33. The number of hydrogen-bond donors (Lipinski definition) is 2. The van der Waals surface area contributed by atoms with Crippen molar-refractivity contribution in [1.29, 1.82) is 0 Å². The van der Waals surface area contributed by atoms with Crippen LogP contribution in [-0.2, 0) is 14.6 Å². The van der Waals surface area contributed by atoms with Crippen molar-refractivity contribution < 1.29 is 13.2 Å². The van der Waals surface area contributed by atoms with Crippen LogP contribution >= 0.6 is 11.6 Å². The fourth-order valence-corrected chi connectivity index (χ4v) is 4.13. The van der Waals surface area contributed by atoms with E-state index in [4.69, 9.17) is 11.6 Å². The first-order chi connectivity index (χ1) is 9.85. The summed E-state index contributed by atoms with van der Waals surface area (Å²) in [6.45, 7) is 2.36. The Morgan fingerprint density at radius 2 is 2.19 bits per heavy atom. The van der Waals surface area contributed by atoms with Crippen molar-refractivity contribution in [2.45, 2.75) is 25.8 Å². The zero-order chi connectivity index (χ0) is 15.5. The van der Waals surface area contributed by atoms with E-state index in [-0.39, 0.29) is 23.5 Å². The van der Waals surface area contributed by atoms with Gasteiger partial charge in [-0.25, -0.2) is 8.42 Å². The molecular weight excluding hydrogens is 312 g/mol. The number of rotatable bonds is 5. The molecule has 5 nitrogen and oxygen atoms in total. The Kier molecular flexibility index (Phi) is 5.24. The van der Waals surface area contributed by atoms with Crippen molar-refractivity contribution in [1.82, 2.24) is 5.32 Å². The minimum atomic E-state index is -2.88. The van der Waals surface area contributed by atoms with Gasteiger partial charge < -0.3 is 10.6 Å². The Balaban J connectivity index is 1.74. The van der Waals surface area contributed by atoms with Gasteiger partial charge in [-0.1, -0.05) is 17.7 Å². The van der Waals surface area contributed by atoms with Crippen molar-refractivity contribution in [3.8, 4) is 0 Å². The monoisotopic (exact) mass is 330 g/mol. The van der Waals surface area contributed by atoms with Gasteiger partial charge in [0, 0.05) is 29.7 Å². The van der Waals surface area contributed by atoms with Crippen LogP contribution in [0.1, 0.15) is 18.4 Å². The van der Waals surface area contributed by atoms with Gasteiger partial charge in [-0.05, 0) is 31.0 Å². The smallest absolute Gasteiger partial charge is 0.225 e. The third-order valence-corrected chi connectivity index (χ3v) is 5.65. The second-order valence-electron chi connectivity index (χ2n) is 5.32. The molecule has 7 heteroatoms. The normalized spacial score (nSPS) is 20.4. The second-order valence-corrected chi connectivity index (χ2v) is 7.95. The highest BCUT2D eigenvalue weighted by atomic mass is 35.5. The van der Waals surface area contributed by atoms with E-state index in [2.05, 4.69) is 10.6 Å². The van der Waals surface area contributed by atoms with Crippen LogP contribution in [-0.4, -0.2) is 38.4 Å². The molecule has 0 aliphatic carbocycles. The van der Waals surface area contributed by atoms with Gasteiger partial charge in [0.25, 0.3) is 0 Å². The number of hydrogen-bond acceptors (Lipinski definition) is 4. The molecule has 2 rings (SSSR count). The molecule has 0 spiro atoms. The predicted molar refractivity (Wildman–Crippen MR) is 84.5 cm³/mol. The lowest BCUT2D eigenvalue weighted by atomic mass is 10.2. The Bertz CT molecular complexity index is 631. The number of nitrogens with one attached hydrogen (secondary N) is 2. The Morgan fingerprint density at radius 3 is 2.81 bits per heavy atom. The first kappa shape index (κ1) is 16.3. The van der Waals surface area contributed by atoms with Crippen LogP contribution in [0.25, 0.3) is 0 Å². The van der Waals surface area contributed by atoms with E-state index in [0.29, 0.717) is 30.1 Å². The maximum atomic E-state index is 11.8. The number of sulfone groups is 1. The number of aryl methyl sites for hydroxylation is 1. The molecule has 1 aromatic carbocycles. The molecule has 0 bridgehead atoms. The molecule has 1 aliphatic rings. The molecule has 0 radical (unpaired) electrons. The summed E-state index contributed by atoms with van der Waals surface area (Å²) >= 11 is 5.99. The Morgan fingerprint density at radius 1 is 1.43 bits per heavy atom. The van der Waals surface area contributed by atoms with Crippen molar-refractivity contribution in [3.63, 3.8) is 0 Å². The third-order valence-electron chi connectivity index (χ3n) is 3.47. The van der Waals surface area contributed by atoms with Gasteiger partial charge in [-0.15, -0.1) is 0 Å². The van der Waals surface area contributed by atoms with E-state index >= 15 is 0 Å². The van der Waals surface area contributed by atoms with Gasteiger partial charge in [0.15, 0.2) is 9.84 Å². The topological polar surface area (TPSA) is 75.3 Å². The molecule has 2 N–H and O–H groups in total. The quantitative estimate of drug-likeness (QED) is 0.862. The van der Waals surface area contributed by atoms with Gasteiger partial charge >= 0.3 is 0 Å². The lowest BCUT2D eigenvalue weighted by molar-refractivity contribution is -0.116. The average Bonchev–Trinajstić information content (AvgIpc) is 2.73. The summed E-state index contributed by atoms with van der Waals surface area (Å²) in [6.07, 6.45) is 0.916. The van der Waals surface area contributed by atoms with Gasteiger partial charge in [0.1, 0.15) is 0 Å². The molecule has 1 aromatic rings. The first-order valence-electron chi connectivity index (χ1n) is 6.85. The molecule has 1 heterocycles. The fraction of sp³-hybridized carbons (Fsp3) is 0.500. The van der Waals surface area contributed by atoms with E-state index in [9.17, 15) is 13.2 Å². The van der Waals surface area contributed by atoms with Crippen LogP contribution < -0.4 is 10.6 Å².